The van der Waals surface area contributed by atoms with Crippen molar-refractivity contribution in [1.82, 2.24) is 9.29 Å². The van der Waals surface area contributed by atoms with Crippen LogP contribution < -0.4 is 9.64 Å². The normalized spacial score (nSPS) is 18.0. The van der Waals surface area contributed by atoms with Gasteiger partial charge in [-0.2, -0.15) is 4.31 Å². The number of aromatic nitrogens is 1. The molecule has 3 aromatic rings. The Morgan fingerprint density at radius 1 is 1.07 bits per heavy atom. The fraction of sp³-hybridized carbons (Fsp3) is 0.381. The summed E-state index contributed by atoms with van der Waals surface area (Å²) in [7, 11) is -1.88. The van der Waals surface area contributed by atoms with Gasteiger partial charge in [-0.3, -0.25) is 0 Å². The van der Waals surface area contributed by atoms with Gasteiger partial charge in [0.2, 0.25) is 0 Å². The molecule has 1 aliphatic heterocycles. The maximum atomic E-state index is 13.1. The highest BCUT2D eigenvalue weighted by atomic mass is 32.2. The predicted octanol–water partition coefficient (Wildman–Crippen LogP) is 3.80. The average Bonchev–Trinajstić information content (AvgIpc) is 3.29. The minimum Gasteiger partial charge on any atom is -0.497 e. The van der Waals surface area contributed by atoms with E-state index in [2.05, 4.69) is 9.88 Å². The van der Waals surface area contributed by atoms with Gasteiger partial charge in [-0.15, -0.1) is 11.3 Å². The summed E-state index contributed by atoms with van der Waals surface area (Å²) in [6, 6.07) is 11.3. The topological polar surface area (TPSA) is 75.9 Å². The van der Waals surface area contributed by atoms with Gasteiger partial charge in [0.1, 0.15) is 9.96 Å². The van der Waals surface area contributed by atoms with E-state index in [0.29, 0.717) is 42.1 Å². The molecule has 0 spiro atoms. The van der Waals surface area contributed by atoms with Gasteiger partial charge in [-0.05, 0) is 49.2 Å². The van der Waals surface area contributed by atoms with Gasteiger partial charge in [0.05, 0.1) is 18.2 Å². The van der Waals surface area contributed by atoms with Crippen LogP contribution in [0.15, 0.2) is 51.2 Å². The highest BCUT2D eigenvalue weighted by Crippen LogP contribution is 2.41. The Kier molecular flexibility index (Phi) is 5.04. The molecule has 158 valence electrons. The first-order chi connectivity index (χ1) is 14.5. The van der Waals surface area contributed by atoms with E-state index < -0.39 is 10.0 Å². The molecule has 2 aromatic heterocycles. The summed E-state index contributed by atoms with van der Waals surface area (Å²) in [6.45, 7) is 2.21. The number of methoxy groups -OCH3 is 1. The SMILES string of the molecule is COc1ccc(N2CCN(S(=O)(=O)c3ccc(-c4cnc(C5CC5)o4)s3)CC2)cc1. The summed E-state index contributed by atoms with van der Waals surface area (Å²) in [4.78, 5) is 7.32. The Balaban J connectivity index is 1.27. The lowest BCUT2D eigenvalue weighted by molar-refractivity contribution is 0.385. The van der Waals surface area contributed by atoms with Crippen molar-refractivity contribution >= 4 is 27.0 Å². The monoisotopic (exact) mass is 445 g/mol. The fourth-order valence-electron chi connectivity index (χ4n) is 3.62. The first kappa shape index (κ1) is 19.6. The summed E-state index contributed by atoms with van der Waals surface area (Å²) < 4.78 is 39.2. The molecule has 0 N–H and O–H groups in total. The zero-order valence-electron chi connectivity index (χ0n) is 16.7. The minimum atomic E-state index is -3.52. The second kappa shape index (κ2) is 7.72. The quantitative estimate of drug-likeness (QED) is 0.574. The molecule has 0 amide bonds. The standard InChI is InChI=1S/C21H23N3O4S2/c1-27-17-6-4-16(5-7-17)23-10-12-24(13-11-23)30(25,26)20-9-8-19(29-20)18-14-22-21(28-18)15-2-3-15/h4-9,14-15H,2-3,10-13H2,1H3. The number of hydrogen-bond acceptors (Lipinski definition) is 7. The van der Waals surface area contributed by atoms with Gasteiger partial charge in [0, 0.05) is 37.8 Å². The van der Waals surface area contributed by atoms with E-state index in [9.17, 15) is 8.42 Å². The van der Waals surface area contributed by atoms with E-state index in [-0.39, 0.29) is 0 Å². The molecule has 0 atom stereocenters. The molecule has 1 aliphatic carbocycles. The van der Waals surface area contributed by atoms with E-state index >= 15 is 0 Å². The van der Waals surface area contributed by atoms with Crippen LogP contribution in [0.1, 0.15) is 24.7 Å². The second-order valence-corrected chi connectivity index (χ2v) is 10.8. The number of ether oxygens (including phenoxy) is 1. The van der Waals surface area contributed by atoms with Gasteiger partial charge >= 0.3 is 0 Å². The van der Waals surface area contributed by atoms with Crippen LogP contribution in [0.3, 0.4) is 0 Å². The first-order valence-electron chi connectivity index (χ1n) is 10.00. The minimum absolute atomic E-state index is 0.347. The number of oxazole rings is 1. The number of piperazine rings is 1. The van der Waals surface area contributed by atoms with Crippen LogP contribution in [0.25, 0.3) is 10.6 Å². The molecule has 0 radical (unpaired) electrons. The summed E-state index contributed by atoms with van der Waals surface area (Å²) >= 11 is 1.24. The summed E-state index contributed by atoms with van der Waals surface area (Å²) in [5.74, 6) is 2.65. The van der Waals surface area contributed by atoms with Crippen molar-refractivity contribution in [2.45, 2.75) is 23.0 Å². The molecule has 1 aromatic carbocycles. The number of sulfonamides is 1. The largest absolute Gasteiger partial charge is 0.497 e. The molecule has 30 heavy (non-hydrogen) atoms. The highest BCUT2D eigenvalue weighted by molar-refractivity contribution is 7.91. The number of nitrogens with zero attached hydrogens (tertiary/aromatic N) is 3. The maximum absolute atomic E-state index is 13.1. The predicted molar refractivity (Wildman–Crippen MR) is 116 cm³/mol. The molecular formula is C21H23N3O4S2. The fourth-order valence-corrected chi connectivity index (χ4v) is 6.45. The molecule has 0 unspecified atom stereocenters. The number of hydrogen-bond donors (Lipinski definition) is 0. The van der Waals surface area contributed by atoms with Crippen molar-refractivity contribution in [1.29, 1.82) is 0 Å². The molecule has 1 saturated carbocycles. The van der Waals surface area contributed by atoms with Gasteiger partial charge < -0.3 is 14.1 Å². The Hall–Kier alpha value is -2.36. The van der Waals surface area contributed by atoms with Crippen molar-refractivity contribution in [2.24, 2.45) is 0 Å². The molecule has 5 rings (SSSR count). The Morgan fingerprint density at radius 2 is 1.80 bits per heavy atom. The summed E-state index contributed by atoms with van der Waals surface area (Å²) in [5, 5.41) is 0. The maximum Gasteiger partial charge on any atom is 0.252 e. The molecule has 3 heterocycles. The Labute approximate surface area is 180 Å². The summed E-state index contributed by atoms with van der Waals surface area (Å²) in [5.41, 5.74) is 1.07. The van der Waals surface area contributed by atoms with E-state index in [1.54, 1.807) is 23.7 Å². The van der Waals surface area contributed by atoms with Crippen molar-refractivity contribution < 1.29 is 17.6 Å². The van der Waals surface area contributed by atoms with Crippen LogP contribution in [0, 0.1) is 0 Å². The van der Waals surface area contributed by atoms with Crippen LogP contribution >= 0.6 is 11.3 Å². The summed E-state index contributed by atoms with van der Waals surface area (Å²) in [6.07, 6.45) is 3.93. The second-order valence-electron chi connectivity index (χ2n) is 7.54. The third-order valence-corrected chi connectivity index (χ3v) is 9.01. The Bertz CT molecular complexity index is 1130. The molecular weight excluding hydrogens is 422 g/mol. The van der Waals surface area contributed by atoms with Gasteiger partial charge in [0.25, 0.3) is 10.0 Å². The van der Waals surface area contributed by atoms with Crippen LogP contribution in [0.2, 0.25) is 0 Å². The lowest BCUT2D eigenvalue weighted by Gasteiger charge is -2.35. The number of anilines is 1. The molecule has 7 nitrogen and oxygen atoms in total. The van der Waals surface area contributed by atoms with Gasteiger partial charge in [0.15, 0.2) is 11.7 Å². The van der Waals surface area contributed by atoms with Crippen molar-refractivity contribution in [3.8, 4) is 16.4 Å². The lowest BCUT2D eigenvalue weighted by Crippen LogP contribution is -2.48. The third kappa shape index (κ3) is 3.73. The zero-order valence-corrected chi connectivity index (χ0v) is 18.3. The first-order valence-corrected chi connectivity index (χ1v) is 12.3. The lowest BCUT2D eigenvalue weighted by atomic mass is 10.2. The highest BCUT2D eigenvalue weighted by Gasteiger charge is 2.31. The van der Waals surface area contributed by atoms with Crippen molar-refractivity contribution in [2.75, 3.05) is 38.2 Å². The van der Waals surface area contributed by atoms with Crippen LogP contribution in [0.4, 0.5) is 5.69 Å². The van der Waals surface area contributed by atoms with Crippen molar-refractivity contribution in [3.05, 3.63) is 48.5 Å². The number of benzene rings is 1. The molecule has 2 aliphatic rings. The smallest absolute Gasteiger partial charge is 0.252 e. The zero-order chi connectivity index (χ0) is 20.7. The molecule has 2 fully saturated rings. The van der Waals surface area contributed by atoms with Gasteiger partial charge in [-0.25, -0.2) is 13.4 Å². The number of thiophene rings is 1. The van der Waals surface area contributed by atoms with Crippen LogP contribution in [-0.2, 0) is 10.0 Å². The van der Waals surface area contributed by atoms with Crippen LogP contribution in [-0.4, -0.2) is 51.0 Å². The average molecular weight is 446 g/mol. The molecule has 0 bridgehead atoms. The molecule has 9 heteroatoms. The van der Waals surface area contributed by atoms with E-state index in [1.807, 2.05) is 30.3 Å². The van der Waals surface area contributed by atoms with Gasteiger partial charge in [-0.1, -0.05) is 0 Å². The molecule has 1 saturated heterocycles. The van der Waals surface area contributed by atoms with E-state index in [4.69, 9.17) is 9.15 Å². The van der Waals surface area contributed by atoms with Crippen LogP contribution in [0.5, 0.6) is 5.75 Å². The third-order valence-electron chi connectivity index (χ3n) is 5.54. The van der Waals surface area contributed by atoms with E-state index in [0.717, 1.165) is 35.0 Å². The Morgan fingerprint density at radius 3 is 2.47 bits per heavy atom. The van der Waals surface area contributed by atoms with Crippen molar-refractivity contribution in [3.63, 3.8) is 0 Å². The number of rotatable bonds is 6. The van der Waals surface area contributed by atoms with E-state index in [1.165, 1.54) is 11.3 Å².